The molecule has 0 aliphatic heterocycles. The first-order chi connectivity index (χ1) is 3.41. The van der Waals surface area contributed by atoms with E-state index in [0.29, 0.717) is 0 Å². The van der Waals surface area contributed by atoms with Gasteiger partial charge in [0.1, 0.15) is 0 Å². The van der Waals surface area contributed by atoms with Crippen molar-refractivity contribution in [3.8, 4) is 0 Å². The monoisotopic (exact) mass is 98.1 g/mol. The molecular formula is C2H6B3FO. The van der Waals surface area contributed by atoms with Crippen LogP contribution in [-0.4, -0.2) is 34.7 Å². The van der Waals surface area contributed by atoms with Crippen molar-refractivity contribution >= 4 is 21.4 Å². The molecule has 0 aliphatic rings. The van der Waals surface area contributed by atoms with E-state index in [9.17, 15) is 4.39 Å². The van der Waals surface area contributed by atoms with Gasteiger partial charge in [-0.15, -0.1) is 0 Å². The molecule has 0 N–H and O–H groups in total. The van der Waals surface area contributed by atoms with E-state index in [-0.39, 0.29) is 6.61 Å². The first-order valence-electron chi connectivity index (χ1n) is 2.20. The van der Waals surface area contributed by atoms with Gasteiger partial charge in [0.05, 0.1) is 0 Å². The van der Waals surface area contributed by atoms with Crippen LogP contribution in [0.1, 0.15) is 0 Å². The molecule has 36 valence electrons. The molecule has 7 heavy (non-hydrogen) atoms. The van der Waals surface area contributed by atoms with E-state index in [4.69, 9.17) is 0 Å². The van der Waals surface area contributed by atoms with Gasteiger partial charge in [-0.05, 0) is 0 Å². The van der Waals surface area contributed by atoms with Crippen LogP contribution in [0, 0.1) is 0 Å². The molecule has 0 spiro atoms. The topological polar surface area (TPSA) is 9.23 Å². The summed E-state index contributed by atoms with van der Waals surface area (Å²) < 4.78 is 15.7. The Morgan fingerprint density at radius 3 is 2.86 bits per heavy atom. The number of hydrogen-bond donors (Lipinski definition) is 0. The second-order valence-electron chi connectivity index (χ2n) is 1.03. The average Bonchev–Trinajstić information content (AvgIpc) is 1.69. The van der Waals surface area contributed by atoms with Gasteiger partial charge in [0.2, 0.25) is 0 Å². The molecule has 0 unspecified atom stereocenters. The van der Waals surface area contributed by atoms with Crippen LogP contribution in [-0.2, 0) is 4.65 Å². The fourth-order valence-electron chi connectivity index (χ4n) is 0.209. The van der Waals surface area contributed by atoms with Gasteiger partial charge in [-0.1, -0.05) is 0 Å². The van der Waals surface area contributed by atoms with Gasteiger partial charge < -0.3 is 0 Å². The van der Waals surface area contributed by atoms with Crippen LogP contribution in [0.25, 0.3) is 0 Å². The summed E-state index contributed by atoms with van der Waals surface area (Å²) in [5.41, 5.74) is 0. The Morgan fingerprint density at radius 2 is 2.43 bits per heavy atom. The molecule has 0 radical (unpaired) electrons. The summed E-state index contributed by atoms with van der Waals surface area (Å²) in [6, 6.07) is 0. The fourth-order valence-corrected chi connectivity index (χ4v) is 0.209. The van der Waals surface area contributed by atoms with Crippen molar-refractivity contribution in [2.24, 2.45) is 0 Å². The van der Waals surface area contributed by atoms with Crippen molar-refractivity contribution in [3.05, 3.63) is 0 Å². The molecule has 0 aromatic carbocycles. The van der Waals surface area contributed by atoms with E-state index in [1.807, 2.05) is 7.74 Å². The Bertz CT molecular complexity index is 56.9. The summed E-state index contributed by atoms with van der Waals surface area (Å²) in [6.45, 7) is 1.48. The van der Waals surface area contributed by atoms with E-state index in [1.54, 1.807) is 6.69 Å². The summed E-state index contributed by atoms with van der Waals surface area (Å²) in [5.74, 6) is 0. The quantitative estimate of drug-likeness (QED) is 0.316. The first kappa shape index (κ1) is 6.92. The normalized spacial score (nSPS) is 7.57. The van der Waals surface area contributed by atoms with Crippen molar-refractivity contribution in [3.63, 3.8) is 0 Å². The Balaban J connectivity index is 2.69. The van der Waals surface area contributed by atoms with E-state index in [1.165, 1.54) is 7.00 Å². The van der Waals surface area contributed by atoms with Crippen molar-refractivity contribution < 1.29 is 9.04 Å². The second kappa shape index (κ2) is 5.92. The minimum atomic E-state index is -0.412. The van der Waals surface area contributed by atoms with Crippen LogP contribution in [0.4, 0.5) is 4.39 Å². The van der Waals surface area contributed by atoms with Crippen LogP contribution < -0.4 is 0 Å². The summed E-state index contributed by atoms with van der Waals surface area (Å²) >= 11 is 0. The SMILES string of the molecule is BB=BOCCF. The van der Waals surface area contributed by atoms with Crippen molar-refractivity contribution in [1.29, 1.82) is 0 Å². The van der Waals surface area contributed by atoms with Crippen LogP contribution in [0.5, 0.6) is 0 Å². The summed E-state index contributed by atoms with van der Waals surface area (Å²) in [4.78, 5) is 0. The van der Waals surface area contributed by atoms with Gasteiger partial charge in [0.15, 0.2) is 0 Å². The third-order valence-electron chi connectivity index (χ3n) is 0.427. The molecule has 0 aromatic rings. The standard InChI is InChI=1S/C2H6B3FO/c3-4-5-7-2-1-6/h1-3H2. The molecule has 1 nitrogen and oxygen atoms in total. The van der Waals surface area contributed by atoms with Gasteiger partial charge in [-0.25, -0.2) is 0 Å². The molecule has 0 atom stereocenters. The Kier molecular flexibility index (Phi) is 5.86. The van der Waals surface area contributed by atoms with E-state index in [0.717, 1.165) is 0 Å². The van der Waals surface area contributed by atoms with Crippen LogP contribution in [0.3, 0.4) is 0 Å². The predicted molar refractivity (Wildman–Crippen MR) is 32.0 cm³/mol. The summed E-state index contributed by atoms with van der Waals surface area (Å²) in [6.07, 6.45) is 0. The molecule has 0 aliphatic carbocycles. The van der Waals surface area contributed by atoms with Gasteiger partial charge in [0, 0.05) is 0 Å². The zero-order valence-corrected chi connectivity index (χ0v) is 4.36. The van der Waals surface area contributed by atoms with Crippen molar-refractivity contribution in [2.75, 3.05) is 13.3 Å². The molecule has 0 heterocycles. The van der Waals surface area contributed by atoms with Crippen molar-refractivity contribution in [1.82, 2.24) is 0 Å². The number of hydrogen-bond acceptors (Lipinski definition) is 1. The molecule has 0 fully saturated rings. The Labute approximate surface area is 44.8 Å². The maximum atomic E-state index is 11.2. The molecule has 0 bridgehead atoms. The Hall–Kier alpha value is -0.0752. The molecule has 5 heteroatoms. The third-order valence-corrected chi connectivity index (χ3v) is 0.427. The minimum absolute atomic E-state index is 0.171. The van der Waals surface area contributed by atoms with E-state index < -0.39 is 6.67 Å². The molecule has 0 aromatic heterocycles. The zero-order valence-electron chi connectivity index (χ0n) is 4.36. The second-order valence-corrected chi connectivity index (χ2v) is 1.03. The van der Waals surface area contributed by atoms with Gasteiger partial charge in [-0.2, -0.15) is 0 Å². The van der Waals surface area contributed by atoms with Gasteiger partial charge >= 0.3 is 43.8 Å². The first-order valence-corrected chi connectivity index (χ1v) is 2.20. The summed E-state index contributed by atoms with van der Waals surface area (Å²) in [7, 11) is 3.29. The zero-order chi connectivity index (χ0) is 5.54. The molecule has 0 saturated carbocycles. The molecular weight excluding hydrogens is 91.5 g/mol. The van der Waals surface area contributed by atoms with E-state index >= 15 is 0 Å². The van der Waals surface area contributed by atoms with Gasteiger partial charge in [-0.3, -0.25) is 0 Å². The predicted octanol–water partition coefficient (Wildman–Crippen LogP) is -1.24. The maximum absolute atomic E-state index is 11.2. The average molecular weight is 97.5 g/mol. The number of alkyl halides is 1. The van der Waals surface area contributed by atoms with Crippen LogP contribution in [0.15, 0.2) is 0 Å². The molecule has 0 saturated heterocycles. The van der Waals surface area contributed by atoms with Crippen LogP contribution in [0.2, 0.25) is 0 Å². The van der Waals surface area contributed by atoms with Crippen LogP contribution >= 0.6 is 0 Å². The van der Waals surface area contributed by atoms with E-state index in [2.05, 4.69) is 4.65 Å². The summed E-state index contributed by atoms with van der Waals surface area (Å²) in [5, 5.41) is 0. The molecule has 0 rings (SSSR count). The fraction of sp³-hybridized carbons (Fsp3) is 1.00. The Morgan fingerprint density at radius 1 is 1.71 bits per heavy atom. The number of rotatable bonds is 3. The van der Waals surface area contributed by atoms with Gasteiger partial charge in [0.25, 0.3) is 0 Å². The van der Waals surface area contributed by atoms with Crippen molar-refractivity contribution in [2.45, 2.75) is 0 Å². The molecule has 0 amide bonds. The third kappa shape index (κ3) is 5.92. The number of halogens is 1.